The molecule has 4 N–H and O–H groups in total. The summed E-state index contributed by atoms with van der Waals surface area (Å²) < 4.78 is 14.1. The Morgan fingerprint density at radius 1 is 0.500 bits per heavy atom. The lowest BCUT2D eigenvalue weighted by atomic mass is 10.0. The van der Waals surface area contributed by atoms with Crippen LogP contribution in [0.4, 0.5) is 0 Å². The van der Waals surface area contributed by atoms with Crippen molar-refractivity contribution < 1.29 is 29.9 Å². The van der Waals surface area contributed by atoms with Crippen LogP contribution in [0.3, 0.4) is 0 Å². The Morgan fingerprint density at radius 2 is 0.767 bits per heavy atom. The first-order valence-corrected chi connectivity index (χ1v) is 9.65. The summed E-state index contributed by atoms with van der Waals surface area (Å²) in [6, 6.07) is 6.81. The Morgan fingerprint density at radius 3 is 1.03 bits per heavy atom. The fraction of sp³-hybridized carbons (Fsp3) is 0.182. The molecule has 0 saturated heterocycles. The zero-order chi connectivity index (χ0) is 20.3. The number of ether oxygens (including phenoxy) is 2. The maximum atomic E-state index is 10.7. The quantitative estimate of drug-likeness (QED) is 0.487. The molecule has 0 saturated carbocycles. The highest BCUT2D eigenvalue weighted by Crippen LogP contribution is 2.56. The van der Waals surface area contributed by atoms with E-state index >= 15 is 0 Å². The zero-order valence-electron chi connectivity index (χ0n) is 15.4. The molecule has 0 spiro atoms. The standard InChI is InChI=1S/C22H16N2O6/c25-19-15-11-5-6-12(29-11)16(15)20(26)23(19)9-1-2-10(4-3-9)24-21(27)17-13-7-8-14(30-13)18(17)22(24)28/h1-8,11-14,25-28H. The fourth-order valence-electron chi connectivity index (χ4n) is 5.08. The molecule has 6 heterocycles. The van der Waals surface area contributed by atoms with Crippen molar-refractivity contribution in [1.82, 2.24) is 9.13 Å². The van der Waals surface area contributed by atoms with Gasteiger partial charge in [-0.05, 0) is 24.3 Å². The molecular weight excluding hydrogens is 388 g/mol. The average Bonchev–Trinajstić information content (AvgIpc) is 3.56. The van der Waals surface area contributed by atoms with Crippen molar-refractivity contribution in [1.29, 1.82) is 0 Å². The minimum atomic E-state index is -0.348. The molecule has 7 rings (SSSR count). The Labute approximate surface area is 169 Å². The molecule has 2 aromatic heterocycles. The summed E-state index contributed by atoms with van der Waals surface area (Å²) in [6.07, 6.45) is 6.06. The first-order valence-electron chi connectivity index (χ1n) is 9.65. The number of hydrogen-bond donors (Lipinski definition) is 4. The minimum Gasteiger partial charge on any atom is -0.494 e. The van der Waals surface area contributed by atoms with Gasteiger partial charge in [-0.2, -0.15) is 0 Å². The van der Waals surface area contributed by atoms with E-state index in [4.69, 9.17) is 9.47 Å². The van der Waals surface area contributed by atoms with Crippen LogP contribution in [-0.2, 0) is 9.47 Å². The Hall–Kier alpha value is -3.62. The largest absolute Gasteiger partial charge is 0.494 e. The molecule has 4 aliphatic rings. The summed E-state index contributed by atoms with van der Waals surface area (Å²) >= 11 is 0. The van der Waals surface area contributed by atoms with Gasteiger partial charge < -0.3 is 29.9 Å². The van der Waals surface area contributed by atoms with Gasteiger partial charge in [0.15, 0.2) is 0 Å². The summed E-state index contributed by atoms with van der Waals surface area (Å²) in [7, 11) is 0. The zero-order valence-corrected chi connectivity index (χ0v) is 15.4. The monoisotopic (exact) mass is 404 g/mol. The highest BCUT2D eigenvalue weighted by Gasteiger charge is 2.43. The summed E-state index contributed by atoms with van der Waals surface area (Å²) in [5.74, 6) is -0.231. The number of rotatable bonds is 2. The third-order valence-electron chi connectivity index (χ3n) is 6.40. The van der Waals surface area contributed by atoms with E-state index in [1.165, 1.54) is 9.13 Å². The summed E-state index contributed by atoms with van der Waals surface area (Å²) in [6.45, 7) is 0. The van der Waals surface area contributed by atoms with E-state index in [2.05, 4.69) is 0 Å². The normalized spacial score (nSPS) is 26.7. The van der Waals surface area contributed by atoms with E-state index in [0.29, 0.717) is 33.6 Å². The van der Waals surface area contributed by atoms with Gasteiger partial charge in [0, 0.05) is 0 Å². The summed E-state index contributed by atoms with van der Waals surface area (Å²) in [5, 5.41) is 42.8. The molecule has 30 heavy (non-hydrogen) atoms. The Balaban J connectivity index is 1.32. The van der Waals surface area contributed by atoms with Crippen LogP contribution >= 0.6 is 0 Å². The van der Waals surface area contributed by atoms with E-state index in [0.717, 1.165) is 0 Å². The van der Waals surface area contributed by atoms with Crippen LogP contribution in [-0.4, -0.2) is 29.6 Å². The second kappa shape index (κ2) is 5.10. The van der Waals surface area contributed by atoms with Crippen LogP contribution in [0, 0.1) is 0 Å². The van der Waals surface area contributed by atoms with Crippen molar-refractivity contribution in [3.63, 3.8) is 0 Å². The van der Waals surface area contributed by atoms with Gasteiger partial charge in [-0.1, -0.05) is 24.3 Å². The average molecular weight is 404 g/mol. The van der Waals surface area contributed by atoms with Gasteiger partial charge in [0.1, 0.15) is 24.4 Å². The molecule has 1 aromatic carbocycles. The van der Waals surface area contributed by atoms with Gasteiger partial charge in [-0.25, -0.2) is 0 Å². The molecule has 0 radical (unpaired) electrons. The molecule has 4 bridgehead atoms. The van der Waals surface area contributed by atoms with Crippen molar-refractivity contribution in [3.8, 4) is 34.9 Å². The number of aromatic nitrogens is 2. The highest BCUT2D eigenvalue weighted by molar-refractivity contribution is 5.62. The molecule has 0 fully saturated rings. The molecule has 3 aromatic rings. The SMILES string of the molecule is Oc1c2c(c(O)n1-c1ccc(-n3c(O)c4c(c3O)C3C=CC4O3)cc1)C1C=CC2O1. The van der Waals surface area contributed by atoms with Crippen molar-refractivity contribution in [2.45, 2.75) is 24.4 Å². The van der Waals surface area contributed by atoms with Gasteiger partial charge in [-0.15, -0.1) is 0 Å². The molecule has 8 nitrogen and oxygen atoms in total. The van der Waals surface area contributed by atoms with Crippen LogP contribution in [0.15, 0.2) is 48.6 Å². The van der Waals surface area contributed by atoms with Crippen LogP contribution in [0.1, 0.15) is 46.7 Å². The number of fused-ring (bicyclic) bond motifs is 10. The van der Waals surface area contributed by atoms with Crippen molar-refractivity contribution in [2.75, 3.05) is 0 Å². The number of nitrogens with zero attached hydrogens (tertiary/aromatic N) is 2. The molecule has 0 amide bonds. The van der Waals surface area contributed by atoms with E-state index in [1.807, 2.05) is 24.3 Å². The third-order valence-corrected chi connectivity index (χ3v) is 6.40. The van der Waals surface area contributed by atoms with E-state index in [-0.39, 0.29) is 47.9 Å². The predicted molar refractivity (Wildman–Crippen MR) is 103 cm³/mol. The fourth-order valence-corrected chi connectivity index (χ4v) is 5.08. The number of aromatic hydroxyl groups is 4. The van der Waals surface area contributed by atoms with Crippen molar-refractivity contribution >= 4 is 0 Å². The maximum absolute atomic E-state index is 10.7. The third kappa shape index (κ3) is 1.71. The van der Waals surface area contributed by atoms with E-state index < -0.39 is 0 Å². The molecule has 8 heteroatoms. The molecule has 4 aliphatic heterocycles. The van der Waals surface area contributed by atoms with Crippen LogP contribution in [0.25, 0.3) is 11.4 Å². The molecule has 4 unspecified atom stereocenters. The molecule has 0 aliphatic carbocycles. The summed E-state index contributed by atoms with van der Waals surface area (Å²) in [5.41, 5.74) is 3.44. The van der Waals surface area contributed by atoms with Crippen LogP contribution in [0.5, 0.6) is 23.5 Å². The minimum absolute atomic E-state index is 0.0578. The van der Waals surface area contributed by atoms with E-state index in [1.54, 1.807) is 24.3 Å². The van der Waals surface area contributed by atoms with Crippen LogP contribution in [0.2, 0.25) is 0 Å². The first-order chi connectivity index (χ1) is 14.5. The topological polar surface area (TPSA) is 109 Å². The summed E-state index contributed by atoms with van der Waals surface area (Å²) in [4.78, 5) is 0. The van der Waals surface area contributed by atoms with Gasteiger partial charge in [0.25, 0.3) is 0 Å². The lowest BCUT2D eigenvalue weighted by Gasteiger charge is -2.13. The lowest BCUT2D eigenvalue weighted by molar-refractivity contribution is 0.0840. The maximum Gasteiger partial charge on any atom is 0.205 e. The van der Waals surface area contributed by atoms with Gasteiger partial charge in [-0.3, -0.25) is 9.13 Å². The highest BCUT2D eigenvalue weighted by atomic mass is 16.5. The van der Waals surface area contributed by atoms with Crippen molar-refractivity contribution in [3.05, 3.63) is 70.8 Å². The number of benzene rings is 1. The first kappa shape index (κ1) is 16.2. The molecular formula is C22H16N2O6. The van der Waals surface area contributed by atoms with Gasteiger partial charge in [0.2, 0.25) is 23.5 Å². The van der Waals surface area contributed by atoms with Gasteiger partial charge >= 0.3 is 0 Å². The molecule has 150 valence electrons. The Bertz CT molecular complexity index is 1140. The van der Waals surface area contributed by atoms with Crippen molar-refractivity contribution in [2.24, 2.45) is 0 Å². The second-order valence-electron chi connectivity index (χ2n) is 7.86. The van der Waals surface area contributed by atoms with E-state index in [9.17, 15) is 20.4 Å². The Kier molecular flexibility index (Phi) is 2.76. The molecule has 4 atom stereocenters. The smallest absolute Gasteiger partial charge is 0.205 e. The lowest BCUT2D eigenvalue weighted by Crippen LogP contribution is -1.99. The predicted octanol–water partition coefficient (Wildman–Crippen LogP) is 3.45. The van der Waals surface area contributed by atoms with Crippen LogP contribution < -0.4 is 0 Å². The number of hydrogen-bond acceptors (Lipinski definition) is 6. The van der Waals surface area contributed by atoms with Gasteiger partial charge in [0.05, 0.1) is 33.6 Å². The second-order valence-corrected chi connectivity index (χ2v) is 7.86.